The van der Waals surface area contributed by atoms with Crippen molar-refractivity contribution in [1.29, 1.82) is 0 Å². The summed E-state index contributed by atoms with van der Waals surface area (Å²) in [5.74, 6) is 0.233. The van der Waals surface area contributed by atoms with Gasteiger partial charge in [-0.2, -0.15) is 0 Å². The van der Waals surface area contributed by atoms with E-state index in [0.29, 0.717) is 6.54 Å². The van der Waals surface area contributed by atoms with E-state index in [4.69, 9.17) is 4.74 Å². The lowest BCUT2D eigenvalue weighted by Gasteiger charge is -2.31. The Balaban J connectivity index is 1.70. The van der Waals surface area contributed by atoms with Crippen LogP contribution in [0, 0.1) is 0 Å². The number of amides is 2. The van der Waals surface area contributed by atoms with Gasteiger partial charge in [0.2, 0.25) is 11.8 Å². The molecule has 0 saturated heterocycles. The summed E-state index contributed by atoms with van der Waals surface area (Å²) in [5, 5.41) is 2.78. The van der Waals surface area contributed by atoms with Gasteiger partial charge in [0.1, 0.15) is 11.8 Å². The van der Waals surface area contributed by atoms with E-state index < -0.39 is 6.04 Å². The first-order valence-electron chi connectivity index (χ1n) is 10.9. The third kappa shape index (κ3) is 6.77. The van der Waals surface area contributed by atoms with Crippen molar-refractivity contribution in [3.8, 4) is 5.75 Å². The van der Waals surface area contributed by atoms with Crippen molar-refractivity contribution in [3.05, 3.63) is 102 Å². The van der Waals surface area contributed by atoms with Crippen molar-refractivity contribution in [2.24, 2.45) is 0 Å². The predicted octanol–water partition coefficient (Wildman–Crippen LogP) is 4.40. The van der Waals surface area contributed by atoms with E-state index in [-0.39, 0.29) is 17.9 Å². The lowest BCUT2D eigenvalue weighted by Crippen LogP contribution is -2.47. The molecule has 1 aromatic heterocycles. The van der Waals surface area contributed by atoms with Crippen molar-refractivity contribution in [2.75, 3.05) is 7.11 Å². The number of ether oxygens (including phenoxy) is 1. The highest BCUT2D eigenvalue weighted by Crippen LogP contribution is 2.22. The van der Waals surface area contributed by atoms with E-state index in [1.54, 1.807) is 31.2 Å². The topological polar surface area (TPSA) is 71.5 Å². The van der Waals surface area contributed by atoms with Crippen LogP contribution in [0.1, 0.15) is 36.7 Å². The third-order valence-corrected chi connectivity index (χ3v) is 5.33. The van der Waals surface area contributed by atoms with Gasteiger partial charge in [0.25, 0.3) is 0 Å². The van der Waals surface area contributed by atoms with Gasteiger partial charge in [-0.15, -0.1) is 0 Å². The number of nitrogens with one attached hydrogen (secondary N) is 1. The summed E-state index contributed by atoms with van der Waals surface area (Å²) < 4.78 is 5.14. The van der Waals surface area contributed by atoms with Gasteiger partial charge in [0.05, 0.1) is 18.8 Å². The molecule has 0 fully saturated rings. The molecule has 33 heavy (non-hydrogen) atoms. The molecule has 6 nitrogen and oxygen atoms in total. The fourth-order valence-corrected chi connectivity index (χ4v) is 3.43. The lowest BCUT2D eigenvalue weighted by molar-refractivity contribution is -0.137. The van der Waals surface area contributed by atoms with Crippen molar-refractivity contribution in [1.82, 2.24) is 15.2 Å². The number of methoxy groups -OCH3 is 1. The maximum atomic E-state index is 13.4. The van der Waals surface area contributed by atoms with E-state index in [9.17, 15) is 9.59 Å². The molecule has 0 saturated carbocycles. The number of hydrogen-bond acceptors (Lipinski definition) is 4. The average Bonchev–Trinajstić information content (AvgIpc) is 2.86. The summed E-state index contributed by atoms with van der Waals surface area (Å²) in [4.78, 5) is 32.0. The monoisotopic (exact) mass is 443 g/mol. The minimum Gasteiger partial charge on any atom is -0.497 e. The Morgan fingerprint density at radius 2 is 1.70 bits per heavy atom. The maximum absolute atomic E-state index is 13.4. The summed E-state index contributed by atoms with van der Waals surface area (Å²) in [6, 6.07) is 21.8. The molecule has 0 radical (unpaired) electrons. The number of aromatic nitrogens is 1. The molecular formula is C27H29N3O3. The number of hydrogen-bond donors (Lipinski definition) is 1. The molecule has 0 bridgehead atoms. The standard InChI is InChI=1S/C27H29N3O3/c1-20(29-26(31)17-14-22-12-15-24(33-3)16-13-22)27(32)30(19-23-9-5-4-6-10-23)21(2)25-11-7-8-18-28-25/h4-18,20-21H,19H2,1-3H3,(H,29,31)/b17-14+. The van der Waals surface area contributed by atoms with Gasteiger partial charge in [0.15, 0.2) is 0 Å². The highest BCUT2D eigenvalue weighted by Gasteiger charge is 2.27. The van der Waals surface area contributed by atoms with Gasteiger partial charge in [0, 0.05) is 18.8 Å². The molecule has 2 amide bonds. The molecule has 6 heteroatoms. The molecule has 0 aliphatic heterocycles. The molecule has 2 atom stereocenters. The molecule has 3 aromatic rings. The Bertz CT molecular complexity index is 1070. The molecule has 3 rings (SSSR count). The largest absolute Gasteiger partial charge is 0.497 e. The number of carbonyl (C=O) groups excluding carboxylic acids is 2. The first kappa shape index (κ1) is 23.7. The Hall–Kier alpha value is -3.93. The summed E-state index contributed by atoms with van der Waals surface area (Å²) in [7, 11) is 1.60. The highest BCUT2D eigenvalue weighted by atomic mass is 16.5. The minimum atomic E-state index is -0.701. The molecule has 2 aromatic carbocycles. The molecule has 1 heterocycles. The Morgan fingerprint density at radius 1 is 1.00 bits per heavy atom. The van der Waals surface area contributed by atoms with E-state index in [1.165, 1.54) is 6.08 Å². The molecule has 2 unspecified atom stereocenters. The molecule has 0 aliphatic rings. The zero-order chi connectivity index (χ0) is 23.6. The number of nitrogens with zero attached hydrogens (tertiary/aromatic N) is 2. The number of pyridine rings is 1. The summed E-state index contributed by atoms with van der Waals surface area (Å²) in [6.07, 6.45) is 4.84. The van der Waals surface area contributed by atoms with Crippen LogP contribution >= 0.6 is 0 Å². The zero-order valence-corrected chi connectivity index (χ0v) is 19.1. The number of rotatable bonds is 9. The van der Waals surface area contributed by atoms with Crippen LogP contribution in [0.4, 0.5) is 0 Å². The van der Waals surface area contributed by atoms with Crippen LogP contribution in [0.5, 0.6) is 5.75 Å². The summed E-state index contributed by atoms with van der Waals surface area (Å²) in [6.45, 7) is 4.06. The fourth-order valence-electron chi connectivity index (χ4n) is 3.43. The van der Waals surface area contributed by atoms with Crippen molar-refractivity contribution < 1.29 is 14.3 Å². The second-order valence-corrected chi connectivity index (χ2v) is 7.72. The van der Waals surface area contributed by atoms with E-state index >= 15 is 0 Å². The van der Waals surface area contributed by atoms with Gasteiger partial charge in [-0.25, -0.2) is 0 Å². The van der Waals surface area contributed by atoms with E-state index in [0.717, 1.165) is 22.6 Å². The first-order chi connectivity index (χ1) is 16.0. The second-order valence-electron chi connectivity index (χ2n) is 7.72. The van der Waals surface area contributed by atoms with E-state index in [2.05, 4.69) is 10.3 Å². The van der Waals surface area contributed by atoms with Crippen molar-refractivity contribution >= 4 is 17.9 Å². The van der Waals surface area contributed by atoms with Gasteiger partial charge < -0.3 is 15.0 Å². The van der Waals surface area contributed by atoms with Crippen LogP contribution in [-0.2, 0) is 16.1 Å². The van der Waals surface area contributed by atoms with Crippen LogP contribution in [0.3, 0.4) is 0 Å². The summed E-state index contributed by atoms with van der Waals surface area (Å²) in [5.41, 5.74) is 2.66. The first-order valence-corrected chi connectivity index (χ1v) is 10.9. The molecular weight excluding hydrogens is 414 g/mol. The number of carbonyl (C=O) groups is 2. The number of benzene rings is 2. The molecule has 1 N–H and O–H groups in total. The van der Waals surface area contributed by atoms with Crippen LogP contribution in [0.15, 0.2) is 85.1 Å². The predicted molar refractivity (Wildman–Crippen MR) is 129 cm³/mol. The normalized spacial score (nSPS) is 12.7. The van der Waals surface area contributed by atoms with Crippen LogP contribution in [0.2, 0.25) is 0 Å². The summed E-state index contributed by atoms with van der Waals surface area (Å²) >= 11 is 0. The van der Waals surface area contributed by atoms with Crippen LogP contribution < -0.4 is 10.1 Å². The van der Waals surface area contributed by atoms with Gasteiger partial charge in [-0.3, -0.25) is 14.6 Å². The molecule has 0 aliphatic carbocycles. The molecule has 170 valence electrons. The van der Waals surface area contributed by atoms with E-state index in [1.807, 2.05) is 79.7 Å². The van der Waals surface area contributed by atoms with Gasteiger partial charge >= 0.3 is 0 Å². The third-order valence-electron chi connectivity index (χ3n) is 5.33. The molecule has 0 spiro atoms. The Kier molecular flexibility index (Phi) is 8.36. The average molecular weight is 444 g/mol. The Morgan fingerprint density at radius 3 is 2.33 bits per heavy atom. The lowest BCUT2D eigenvalue weighted by atomic mass is 10.1. The van der Waals surface area contributed by atoms with Crippen molar-refractivity contribution in [2.45, 2.75) is 32.5 Å². The van der Waals surface area contributed by atoms with Crippen LogP contribution in [-0.4, -0.2) is 34.8 Å². The highest BCUT2D eigenvalue weighted by molar-refractivity contribution is 5.95. The minimum absolute atomic E-state index is 0.178. The second kappa shape index (κ2) is 11.6. The van der Waals surface area contributed by atoms with Crippen molar-refractivity contribution in [3.63, 3.8) is 0 Å². The van der Waals surface area contributed by atoms with Gasteiger partial charge in [-0.1, -0.05) is 48.5 Å². The Labute approximate surface area is 194 Å². The van der Waals surface area contributed by atoms with Crippen LogP contribution in [0.25, 0.3) is 6.08 Å². The maximum Gasteiger partial charge on any atom is 0.245 e. The quantitative estimate of drug-likeness (QED) is 0.498. The zero-order valence-electron chi connectivity index (χ0n) is 19.1. The smallest absolute Gasteiger partial charge is 0.245 e. The SMILES string of the molecule is COc1ccc(/C=C/C(=O)NC(C)C(=O)N(Cc2ccccc2)C(C)c2ccccn2)cc1. The fraction of sp³-hybridized carbons (Fsp3) is 0.222. The van der Waals surface area contributed by atoms with Gasteiger partial charge in [-0.05, 0) is 55.3 Å².